The van der Waals surface area contributed by atoms with Crippen molar-refractivity contribution in [2.45, 2.75) is 19.3 Å². The van der Waals surface area contributed by atoms with Crippen LogP contribution in [0.4, 0.5) is 5.69 Å². The number of carbonyl (C=O) groups is 1. The zero-order valence-electron chi connectivity index (χ0n) is 9.00. The molecule has 0 radical (unpaired) electrons. The number of halogens is 1. The van der Waals surface area contributed by atoms with Gasteiger partial charge >= 0.3 is 0 Å². The van der Waals surface area contributed by atoms with Crippen molar-refractivity contribution in [3.63, 3.8) is 0 Å². The van der Waals surface area contributed by atoms with Crippen molar-refractivity contribution < 1.29 is 4.79 Å². The number of hydrogen-bond donors (Lipinski definition) is 2. The van der Waals surface area contributed by atoms with Gasteiger partial charge in [0.15, 0.2) is 0 Å². The van der Waals surface area contributed by atoms with Crippen LogP contribution in [0.5, 0.6) is 0 Å². The monoisotopic (exact) mass is 238 g/mol. The van der Waals surface area contributed by atoms with Crippen LogP contribution < -0.4 is 11.1 Å². The summed E-state index contributed by atoms with van der Waals surface area (Å²) in [6.07, 6.45) is 2.49. The first-order chi connectivity index (χ1) is 7.72. The van der Waals surface area contributed by atoms with Crippen molar-refractivity contribution in [1.29, 1.82) is 0 Å². The molecule has 2 rings (SSSR count). The van der Waals surface area contributed by atoms with Gasteiger partial charge in [0.2, 0.25) is 5.91 Å². The summed E-state index contributed by atoms with van der Waals surface area (Å²) in [4.78, 5) is 11.8. The largest absolute Gasteiger partial charge is 0.330 e. The third kappa shape index (κ3) is 2.20. The van der Waals surface area contributed by atoms with E-state index in [0.29, 0.717) is 11.6 Å². The lowest BCUT2D eigenvalue weighted by Crippen LogP contribution is -2.30. The van der Waals surface area contributed by atoms with Gasteiger partial charge in [0, 0.05) is 5.92 Å². The van der Waals surface area contributed by atoms with E-state index in [-0.39, 0.29) is 11.8 Å². The van der Waals surface area contributed by atoms with E-state index in [9.17, 15) is 4.79 Å². The zero-order valence-corrected chi connectivity index (χ0v) is 9.76. The van der Waals surface area contributed by atoms with E-state index in [0.717, 1.165) is 30.5 Å². The fraction of sp³-hybridized carbons (Fsp3) is 0.417. The van der Waals surface area contributed by atoms with Crippen LogP contribution in [-0.2, 0) is 11.2 Å². The van der Waals surface area contributed by atoms with Gasteiger partial charge in [-0.1, -0.05) is 23.7 Å². The number of nitrogens with two attached hydrogens (primary N) is 1. The molecule has 0 bridgehead atoms. The molecule has 0 aromatic heterocycles. The van der Waals surface area contributed by atoms with Crippen molar-refractivity contribution >= 4 is 23.2 Å². The zero-order chi connectivity index (χ0) is 11.5. The second-order valence-corrected chi connectivity index (χ2v) is 4.50. The lowest BCUT2D eigenvalue weighted by atomic mass is 9.90. The second-order valence-electron chi connectivity index (χ2n) is 4.10. The van der Waals surface area contributed by atoms with Crippen LogP contribution in [-0.4, -0.2) is 12.5 Å². The predicted molar refractivity (Wildman–Crippen MR) is 65.6 cm³/mol. The Hall–Kier alpha value is -1.06. The van der Waals surface area contributed by atoms with Crippen LogP contribution in [0.1, 0.15) is 18.4 Å². The number of para-hydroxylation sites is 1. The van der Waals surface area contributed by atoms with Crippen LogP contribution in [0.2, 0.25) is 5.02 Å². The predicted octanol–water partition coefficient (Wildman–Crippen LogP) is 2.19. The summed E-state index contributed by atoms with van der Waals surface area (Å²) in [7, 11) is 0. The quantitative estimate of drug-likeness (QED) is 0.848. The highest BCUT2D eigenvalue weighted by molar-refractivity contribution is 6.34. The van der Waals surface area contributed by atoms with Gasteiger partial charge in [0.05, 0.1) is 10.7 Å². The fourth-order valence-corrected chi connectivity index (χ4v) is 2.30. The van der Waals surface area contributed by atoms with Crippen LogP contribution in [0.25, 0.3) is 0 Å². The van der Waals surface area contributed by atoms with Crippen LogP contribution in [0, 0.1) is 5.92 Å². The van der Waals surface area contributed by atoms with Crippen LogP contribution in [0.3, 0.4) is 0 Å². The minimum Gasteiger partial charge on any atom is -0.330 e. The molecule has 3 N–H and O–H groups in total. The Labute approximate surface area is 100.0 Å². The second kappa shape index (κ2) is 4.85. The van der Waals surface area contributed by atoms with E-state index in [1.807, 2.05) is 12.1 Å². The summed E-state index contributed by atoms with van der Waals surface area (Å²) in [5.41, 5.74) is 7.35. The molecule has 1 aliphatic rings. The molecule has 0 saturated heterocycles. The molecule has 1 aliphatic heterocycles. The highest BCUT2D eigenvalue weighted by Crippen LogP contribution is 2.33. The van der Waals surface area contributed by atoms with Gasteiger partial charge in [-0.3, -0.25) is 4.79 Å². The number of anilines is 1. The number of nitrogens with one attached hydrogen (secondary N) is 1. The summed E-state index contributed by atoms with van der Waals surface area (Å²) in [6, 6.07) is 5.72. The molecule has 4 heteroatoms. The number of benzene rings is 1. The first-order valence-corrected chi connectivity index (χ1v) is 5.88. The third-order valence-corrected chi connectivity index (χ3v) is 3.26. The molecule has 0 fully saturated rings. The molecule has 1 aromatic rings. The fourth-order valence-electron chi connectivity index (χ4n) is 2.06. The summed E-state index contributed by atoms with van der Waals surface area (Å²) in [5, 5.41) is 3.49. The SMILES string of the molecule is NCCCC1Cc2cccc(Cl)c2NC1=O. The van der Waals surface area contributed by atoms with Crippen molar-refractivity contribution in [3.05, 3.63) is 28.8 Å². The van der Waals surface area contributed by atoms with E-state index in [2.05, 4.69) is 5.32 Å². The van der Waals surface area contributed by atoms with E-state index >= 15 is 0 Å². The number of carbonyl (C=O) groups excluding carboxylic acids is 1. The lowest BCUT2D eigenvalue weighted by Gasteiger charge is -2.25. The van der Waals surface area contributed by atoms with Gasteiger partial charge in [-0.15, -0.1) is 0 Å². The number of hydrogen-bond acceptors (Lipinski definition) is 2. The standard InChI is InChI=1S/C12H15ClN2O/c13-10-5-1-3-8-7-9(4-2-6-14)12(16)15-11(8)10/h1,3,5,9H,2,4,6-7,14H2,(H,15,16). The van der Waals surface area contributed by atoms with Gasteiger partial charge in [-0.25, -0.2) is 0 Å². The normalized spacial score (nSPS) is 19.1. The lowest BCUT2D eigenvalue weighted by molar-refractivity contribution is -0.120. The van der Waals surface area contributed by atoms with E-state index in [1.54, 1.807) is 6.07 Å². The Morgan fingerprint density at radius 2 is 2.31 bits per heavy atom. The van der Waals surface area contributed by atoms with Gasteiger partial charge in [0.25, 0.3) is 0 Å². The molecule has 1 unspecified atom stereocenters. The molecule has 1 aromatic carbocycles. The van der Waals surface area contributed by atoms with Crippen molar-refractivity contribution in [2.24, 2.45) is 11.7 Å². The summed E-state index contributed by atoms with van der Waals surface area (Å²) in [6.45, 7) is 0.631. The number of amides is 1. The maximum absolute atomic E-state index is 11.8. The van der Waals surface area contributed by atoms with Gasteiger partial charge < -0.3 is 11.1 Å². The molecule has 86 valence electrons. The topological polar surface area (TPSA) is 55.1 Å². The van der Waals surface area contributed by atoms with Gasteiger partial charge in [-0.2, -0.15) is 0 Å². The Morgan fingerprint density at radius 1 is 1.50 bits per heavy atom. The highest BCUT2D eigenvalue weighted by Gasteiger charge is 2.26. The molecule has 16 heavy (non-hydrogen) atoms. The first-order valence-electron chi connectivity index (χ1n) is 5.50. The van der Waals surface area contributed by atoms with E-state index < -0.39 is 0 Å². The molecular weight excluding hydrogens is 224 g/mol. The third-order valence-electron chi connectivity index (χ3n) is 2.94. The van der Waals surface area contributed by atoms with Crippen LogP contribution >= 0.6 is 11.6 Å². The Balaban J connectivity index is 2.19. The molecular formula is C12H15ClN2O. The average molecular weight is 239 g/mol. The van der Waals surface area contributed by atoms with E-state index in [4.69, 9.17) is 17.3 Å². The van der Waals surface area contributed by atoms with Crippen molar-refractivity contribution in [3.8, 4) is 0 Å². The summed E-state index contributed by atoms with van der Waals surface area (Å²) < 4.78 is 0. The van der Waals surface area contributed by atoms with Crippen molar-refractivity contribution in [2.75, 3.05) is 11.9 Å². The molecule has 0 aliphatic carbocycles. The summed E-state index contributed by atoms with van der Waals surface area (Å²) in [5.74, 6) is 0.101. The van der Waals surface area contributed by atoms with E-state index in [1.165, 1.54) is 0 Å². The van der Waals surface area contributed by atoms with Crippen molar-refractivity contribution in [1.82, 2.24) is 0 Å². The van der Waals surface area contributed by atoms with Gasteiger partial charge in [0.1, 0.15) is 0 Å². The Morgan fingerprint density at radius 3 is 3.06 bits per heavy atom. The Bertz CT molecular complexity index is 406. The molecule has 3 nitrogen and oxygen atoms in total. The molecule has 0 spiro atoms. The molecule has 1 amide bonds. The number of fused-ring (bicyclic) bond motifs is 1. The number of rotatable bonds is 3. The maximum Gasteiger partial charge on any atom is 0.227 e. The molecule has 1 heterocycles. The molecule has 0 saturated carbocycles. The minimum atomic E-state index is 0.0366. The maximum atomic E-state index is 11.8. The highest BCUT2D eigenvalue weighted by atomic mass is 35.5. The summed E-state index contributed by atoms with van der Waals surface area (Å²) >= 11 is 6.02. The van der Waals surface area contributed by atoms with Crippen LogP contribution in [0.15, 0.2) is 18.2 Å². The van der Waals surface area contributed by atoms with Gasteiger partial charge in [-0.05, 0) is 37.4 Å². The minimum absolute atomic E-state index is 0.0366. The smallest absolute Gasteiger partial charge is 0.227 e. The first kappa shape index (κ1) is 11.4. The molecule has 1 atom stereocenters. The average Bonchev–Trinajstić information content (AvgIpc) is 2.28. The Kier molecular flexibility index (Phi) is 3.46.